The smallest absolute Gasteiger partial charge is 0.231 e. The first-order valence-electron chi connectivity index (χ1n) is 4.47. The van der Waals surface area contributed by atoms with Gasteiger partial charge in [-0.05, 0) is 59.2 Å². The maximum Gasteiger partial charge on any atom is 0.231 e. The summed E-state index contributed by atoms with van der Waals surface area (Å²) in [6, 6.07) is 7.85. The van der Waals surface area contributed by atoms with E-state index in [0.29, 0.717) is 0 Å². The van der Waals surface area contributed by atoms with Gasteiger partial charge in [0.1, 0.15) is 0 Å². The van der Waals surface area contributed by atoms with Crippen LogP contribution in [0.25, 0.3) is 0 Å². The minimum absolute atomic E-state index is 0.288. The molecule has 0 aliphatic carbocycles. The van der Waals surface area contributed by atoms with Gasteiger partial charge in [-0.15, -0.1) is 0 Å². The van der Waals surface area contributed by atoms with Crippen molar-refractivity contribution in [3.63, 3.8) is 0 Å². The Bertz CT molecular complexity index is 351. The van der Waals surface area contributed by atoms with Gasteiger partial charge in [-0.1, -0.05) is 25.1 Å². The third-order valence-electron chi connectivity index (χ3n) is 2.61. The molecule has 0 aliphatic rings. The molecular weight excluding hydrogens is 310 g/mol. The summed E-state index contributed by atoms with van der Waals surface area (Å²) in [5, 5.41) is -0.288. The van der Waals surface area contributed by atoms with E-state index in [1.165, 1.54) is 0 Å². The Labute approximate surface area is 103 Å². The maximum absolute atomic E-state index is 11.4. The average Bonchev–Trinajstić information content (AvgIpc) is 2.17. The number of carbonyl (C=O) groups is 1. The molecule has 0 aromatic heterocycles. The van der Waals surface area contributed by atoms with Crippen LogP contribution in [0.15, 0.2) is 24.3 Å². The van der Waals surface area contributed by atoms with Crippen LogP contribution in [-0.4, -0.2) is 5.24 Å². The van der Waals surface area contributed by atoms with Crippen molar-refractivity contribution < 1.29 is 4.79 Å². The van der Waals surface area contributed by atoms with Crippen molar-refractivity contribution >= 4 is 39.4 Å². The molecule has 0 radical (unpaired) electrons. The molecule has 0 fully saturated rings. The SMILES string of the molecule is CCC(C)(C(=O)Cl)c1ccccc1I. The zero-order valence-corrected chi connectivity index (χ0v) is 11.1. The largest absolute Gasteiger partial charge is 0.280 e. The number of hydrogen-bond acceptors (Lipinski definition) is 1. The molecule has 1 aromatic rings. The fraction of sp³-hybridized carbons (Fsp3) is 0.364. The van der Waals surface area contributed by atoms with E-state index in [-0.39, 0.29) is 5.24 Å². The topological polar surface area (TPSA) is 17.1 Å². The lowest BCUT2D eigenvalue weighted by molar-refractivity contribution is -0.116. The van der Waals surface area contributed by atoms with Gasteiger partial charge in [0.25, 0.3) is 0 Å². The average molecular weight is 323 g/mol. The van der Waals surface area contributed by atoms with Gasteiger partial charge in [-0.25, -0.2) is 0 Å². The van der Waals surface area contributed by atoms with Crippen molar-refractivity contribution in [1.82, 2.24) is 0 Å². The standard InChI is InChI=1S/C11H12ClIO/c1-3-11(2,10(12)14)8-6-4-5-7-9(8)13/h4-7H,3H2,1-2H3. The van der Waals surface area contributed by atoms with Crippen molar-refractivity contribution in [3.05, 3.63) is 33.4 Å². The van der Waals surface area contributed by atoms with E-state index in [1.807, 2.05) is 38.1 Å². The summed E-state index contributed by atoms with van der Waals surface area (Å²) < 4.78 is 1.09. The normalized spacial score (nSPS) is 14.9. The van der Waals surface area contributed by atoms with E-state index in [0.717, 1.165) is 15.6 Å². The second kappa shape index (κ2) is 4.62. The fourth-order valence-corrected chi connectivity index (χ4v) is 2.56. The lowest BCUT2D eigenvalue weighted by Crippen LogP contribution is -2.29. The van der Waals surface area contributed by atoms with Crippen LogP contribution in [0.1, 0.15) is 25.8 Å². The molecule has 0 spiro atoms. The summed E-state index contributed by atoms with van der Waals surface area (Å²) in [5.41, 5.74) is 0.461. The molecule has 0 amide bonds. The Hall–Kier alpha value is -0.0900. The monoisotopic (exact) mass is 322 g/mol. The second-order valence-corrected chi connectivity index (χ2v) is 4.94. The van der Waals surface area contributed by atoms with Crippen LogP contribution in [0, 0.1) is 3.57 Å². The third kappa shape index (κ3) is 2.11. The van der Waals surface area contributed by atoms with E-state index in [9.17, 15) is 4.79 Å². The van der Waals surface area contributed by atoms with Gasteiger partial charge in [0.2, 0.25) is 5.24 Å². The Morgan fingerprint density at radius 1 is 1.50 bits per heavy atom. The summed E-state index contributed by atoms with van der Waals surface area (Å²) in [4.78, 5) is 11.4. The molecule has 1 unspecified atom stereocenters. The van der Waals surface area contributed by atoms with Crippen molar-refractivity contribution in [3.8, 4) is 0 Å². The van der Waals surface area contributed by atoms with Crippen LogP contribution in [0.4, 0.5) is 0 Å². The van der Waals surface area contributed by atoms with Crippen LogP contribution in [0.3, 0.4) is 0 Å². The molecule has 76 valence electrons. The fourth-order valence-electron chi connectivity index (χ4n) is 1.34. The van der Waals surface area contributed by atoms with Crippen molar-refractivity contribution in [1.29, 1.82) is 0 Å². The van der Waals surface area contributed by atoms with E-state index in [1.54, 1.807) is 0 Å². The second-order valence-electron chi connectivity index (χ2n) is 3.44. The molecule has 1 nitrogen and oxygen atoms in total. The van der Waals surface area contributed by atoms with Crippen molar-refractivity contribution in [2.24, 2.45) is 0 Å². The van der Waals surface area contributed by atoms with Gasteiger partial charge in [0, 0.05) is 3.57 Å². The molecule has 1 atom stereocenters. The summed E-state index contributed by atoms with van der Waals surface area (Å²) in [6.45, 7) is 3.86. The number of carbonyl (C=O) groups excluding carboxylic acids is 1. The highest BCUT2D eigenvalue weighted by molar-refractivity contribution is 14.1. The zero-order chi connectivity index (χ0) is 10.8. The Balaban J connectivity index is 3.26. The first-order chi connectivity index (χ1) is 6.52. The zero-order valence-electron chi connectivity index (χ0n) is 8.18. The molecule has 0 aliphatic heterocycles. The predicted molar refractivity (Wildman–Crippen MR) is 67.7 cm³/mol. The van der Waals surface area contributed by atoms with E-state index >= 15 is 0 Å². The molecule has 0 N–H and O–H groups in total. The van der Waals surface area contributed by atoms with Gasteiger partial charge in [0.05, 0.1) is 5.41 Å². The minimum Gasteiger partial charge on any atom is -0.280 e. The highest BCUT2D eigenvalue weighted by Crippen LogP contribution is 2.33. The molecule has 0 bridgehead atoms. The van der Waals surface area contributed by atoms with E-state index in [4.69, 9.17) is 11.6 Å². The first kappa shape index (κ1) is 12.0. The predicted octanol–water partition coefficient (Wildman–Crippen LogP) is 3.72. The quantitative estimate of drug-likeness (QED) is 0.612. The van der Waals surface area contributed by atoms with Gasteiger partial charge in [-0.3, -0.25) is 4.79 Å². The third-order valence-corrected chi connectivity index (χ3v) is 3.97. The summed E-state index contributed by atoms with van der Waals surface area (Å²) in [5.74, 6) is 0. The molecule has 3 heteroatoms. The Morgan fingerprint density at radius 2 is 2.07 bits per heavy atom. The lowest BCUT2D eigenvalue weighted by atomic mass is 9.81. The van der Waals surface area contributed by atoms with Crippen LogP contribution in [-0.2, 0) is 10.2 Å². The molecule has 0 heterocycles. The molecule has 1 aromatic carbocycles. The number of benzene rings is 1. The van der Waals surface area contributed by atoms with Crippen LogP contribution >= 0.6 is 34.2 Å². The molecule has 0 saturated heterocycles. The van der Waals surface area contributed by atoms with Gasteiger partial charge in [0.15, 0.2) is 0 Å². The van der Waals surface area contributed by atoms with E-state index < -0.39 is 5.41 Å². The van der Waals surface area contributed by atoms with Crippen LogP contribution in [0.5, 0.6) is 0 Å². The number of rotatable bonds is 3. The van der Waals surface area contributed by atoms with Crippen molar-refractivity contribution in [2.75, 3.05) is 0 Å². The van der Waals surface area contributed by atoms with Gasteiger partial charge < -0.3 is 0 Å². The summed E-state index contributed by atoms with van der Waals surface area (Å²) >= 11 is 7.88. The Kier molecular flexibility index (Phi) is 3.95. The molecule has 0 saturated carbocycles. The summed E-state index contributed by atoms with van der Waals surface area (Å²) in [7, 11) is 0. The van der Waals surface area contributed by atoms with E-state index in [2.05, 4.69) is 22.6 Å². The number of halogens is 2. The van der Waals surface area contributed by atoms with Gasteiger partial charge in [-0.2, -0.15) is 0 Å². The van der Waals surface area contributed by atoms with Crippen LogP contribution < -0.4 is 0 Å². The highest BCUT2D eigenvalue weighted by Gasteiger charge is 2.33. The Morgan fingerprint density at radius 3 is 2.50 bits per heavy atom. The molecule has 14 heavy (non-hydrogen) atoms. The van der Waals surface area contributed by atoms with Crippen LogP contribution in [0.2, 0.25) is 0 Å². The molecular formula is C11H12ClIO. The number of hydrogen-bond donors (Lipinski definition) is 0. The lowest BCUT2D eigenvalue weighted by Gasteiger charge is -2.25. The minimum atomic E-state index is -0.556. The highest BCUT2D eigenvalue weighted by atomic mass is 127. The summed E-state index contributed by atoms with van der Waals surface area (Å²) in [6.07, 6.45) is 0.718. The molecule has 1 rings (SSSR count). The maximum atomic E-state index is 11.4. The van der Waals surface area contributed by atoms with Crippen molar-refractivity contribution in [2.45, 2.75) is 25.7 Å². The first-order valence-corrected chi connectivity index (χ1v) is 5.93. The van der Waals surface area contributed by atoms with Gasteiger partial charge >= 0.3 is 0 Å².